The summed E-state index contributed by atoms with van der Waals surface area (Å²) < 4.78 is 30.3. The van der Waals surface area contributed by atoms with E-state index in [0.717, 1.165) is 14.8 Å². The number of carboxylic acids is 1. The second-order valence-corrected chi connectivity index (χ2v) is 7.92. The van der Waals surface area contributed by atoms with Gasteiger partial charge in [-0.05, 0) is 24.6 Å². The highest BCUT2D eigenvalue weighted by Gasteiger charge is 2.30. The van der Waals surface area contributed by atoms with Crippen LogP contribution in [0.25, 0.3) is 0 Å². The molecule has 0 aliphatic rings. The monoisotopic (exact) mass is 380 g/mol. The van der Waals surface area contributed by atoms with E-state index in [2.05, 4.69) is 0 Å². The molecule has 2 aromatic rings. The summed E-state index contributed by atoms with van der Waals surface area (Å²) in [5.74, 6) is -2.12. The SMILES string of the molecule is CC(C(=O)O)N(Cc1ccccc1)C(=O)c1ccc(S(=O)(=O)N(C)C)o1. The number of amides is 1. The van der Waals surface area contributed by atoms with Gasteiger partial charge in [-0.25, -0.2) is 17.5 Å². The first kappa shape index (κ1) is 19.7. The molecule has 0 saturated carbocycles. The smallest absolute Gasteiger partial charge is 0.326 e. The number of sulfonamides is 1. The number of carboxylic acid groups (broad SMARTS) is 1. The molecule has 1 atom stereocenters. The first-order chi connectivity index (χ1) is 12.1. The summed E-state index contributed by atoms with van der Waals surface area (Å²) in [4.78, 5) is 25.3. The third kappa shape index (κ3) is 4.12. The van der Waals surface area contributed by atoms with Gasteiger partial charge in [0.1, 0.15) is 6.04 Å². The first-order valence-electron chi connectivity index (χ1n) is 7.74. The molecule has 0 aliphatic carbocycles. The molecule has 0 aliphatic heterocycles. The van der Waals surface area contributed by atoms with Crippen LogP contribution in [0.15, 0.2) is 52.0 Å². The molecule has 0 saturated heterocycles. The lowest BCUT2D eigenvalue weighted by Crippen LogP contribution is -2.42. The Kier molecular flexibility index (Phi) is 5.83. The molecular formula is C17H20N2O6S. The Bertz CT molecular complexity index is 889. The van der Waals surface area contributed by atoms with Crippen LogP contribution in [0.3, 0.4) is 0 Å². The molecular weight excluding hydrogens is 360 g/mol. The first-order valence-corrected chi connectivity index (χ1v) is 9.18. The van der Waals surface area contributed by atoms with Gasteiger partial charge in [-0.3, -0.25) is 4.79 Å². The van der Waals surface area contributed by atoms with Gasteiger partial charge in [0.2, 0.25) is 5.09 Å². The Labute approximate surface area is 151 Å². The van der Waals surface area contributed by atoms with Crippen LogP contribution in [0, 0.1) is 0 Å². The number of aliphatic carboxylic acids is 1. The van der Waals surface area contributed by atoms with Gasteiger partial charge in [0.15, 0.2) is 5.76 Å². The Morgan fingerprint density at radius 2 is 1.73 bits per heavy atom. The van der Waals surface area contributed by atoms with Gasteiger partial charge in [-0.1, -0.05) is 30.3 Å². The van der Waals surface area contributed by atoms with Crippen LogP contribution in [-0.4, -0.2) is 54.7 Å². The van der Waals surface area contributed by atoms with Crippen molar-refractivity contribution in [3.63, 3.8) is 0 Å². The van der Waals surface area contributed by atoms with E-state index in [1.54, 1.807) is 30.3 Å². The zero-order chi connectivity index (χ0) is 19.5. The Hall–Kier alpha value is -2.65. The zero-order valence-electron chi connectivity index (χ0n) is 14.6. The average molecular weight is 380 g/mol. The van der Waals surface area contributed by atoms with E-state index in [9.17, 15) is 23.1 Å². The Morgan fingerprint density at radius 1 is 1.12 bits per heavy atom. The number of hydrogen-bond acceptors (Lipinski definition) is 5. The number of rotatable bonds is 7. The molecule has 140 valence electrons. The molecule has 1 unspecified atom stereocenters. The van der Waals surface area contributed by atoms with Crippen molar-refractivity contribution in [2.75, 3.05) is 14.1 Å². The topological polar surface area (TPSA) is 108 Å². The number of nitrogens with zero attached hydrogens (tertiary/aromatic N) is 2. The number of benzene rings is 1. The summed E-state index contributed by atoms with van der Waals surface area (Å²) in [6.07, 6.45) is 0. The van der Waals surface area contributed by atoms with Crippen LogP contribution in [0.4, 0.5) is 0 Å². The van der Waals surface area contributed by atoms with Gasteiger partial charge >= 0.3 is 5.97 Å². The highest BCUT2D eigenvalue weighted by Crippen LogP contribution is 2.20. The molecule has 0 bridgehead atoms. The molecule has 1 N–H and O–H groups in total. The third-order valence-electron chi connectivity index (χ3n) is 3.81. The summed E-state index contributed by atoms with van der Waals surface area (Å²) in [5.41, 5.74) is 0.738. The van der Waals surface area contributed by atoms with E-state index in [-0.39, 0.29) is 17.4 Å². The minimum Gasteiger partial charge on any atom is -0.480 e. The highest BCUT2D eigenvalue weighted by atomic mass is 32.2. The molecule has 1 aromatic carbocycles. The summed E-state index contributed by atoms with van der Waals surface area (Å²) in [5, 5.41) is 8.93. The average Bonchev–Trinajstić information content (AvgIpc) is 3.10. The van der Waals surface area contributed by atoms with Crippen molar-refractivity contribution in [3.8, 4) is 0 Å². The largest absolute Gasteiger partial charge is 0.480 e. The van der Waals surface area contributed by atoms with Gasteiger partial charge in [0, 0.05) is 20.6 Å². The maximum Gasteiger partial charge on any atom is 0.326 e. The number of carbonyl (C=O) groups excluding carboxylic acids is 1. The van der Waals surface area contributed by atoms with Gasteiger partial charge in [-0.15, -0.1) is 0 Å². The summed E-state index contributed by atoms with van der Waals surface area (Å²) in [7, 11) is -1.15. The van der Waals surface area contributed by atoms with Crippen molar-refractivity contribution in [2.24, 2.45) is 0 Å². The standard InChI is InChI=1S/C17H20N2O6S/c1-12(17(21)22)19(11-13-7-5-4-6-8-13)16(20)14-9-10-15(25-14)26(23,24)18(2)3/h4-10,12H,11H2,1-3H3,(H,21,22). The molecule has 8 nitrogen and oxygen atoms in total. The maximum atomic E-state index is 12.8. The number of hydrogen-bond donors (Lipinski definition) is 1. The summed E-state index contributed by atoms with van der Waals surface area (Å²) >= 11 is 0. The van der Waals surface area contributed by atoms with Crippen LogP contribution < -0.4 is 0 Å². The molecule has 1 aromatic heterocycles. The predicted octanol–water partition coefficient (Wildman–Crippen LogP) is 1.65. The van der Waals surface area contributed by atoms with Crippen LogP contribution in [0.1, 0.15) is 23.0 Å². The third-order valence-corrected chi connectivity index (χ3v) is 5.50. The number of carbonyl (C=O) groups is 2. The fraction of sp³-hybridized carbons (Fsp3) is 0.294. The van der Waals surface area contributed by atoms with Crippen LogP contribution in [-0.2, 0) is 21.4 Å². The molecule has 0 spiro atoms. The second kappa shape index (κ2) is 7.71. The van der Waals surface area contributed by atoms with Crippen molar-refractivity contribution in [3.05, 3.63) is 53.8 Å². The van der Waals surface area contributed by atoms with Gasteiger partial charge in [-0.2, -0.15) is 0 Å². The van der Waals surface area contributed by atoms with Crippen molar-refractivity contribution in [1.82, 2.24) is 9.21 Å². The fourth-order valence-corrected chi connectivity index (χ4v) is 2.99. The lowest BCUT2D eigenvalue weighted by molar-refractivity contribution is -0.141. The Morgan fingerprint density at radius 3 is 2.27 bits per heavy atom. The molecule has 1 amide bonds. The van der Waals surface area contributed by atoms with Gasteiger partial charge in [0.25, 0.3) is 15.9 Å². The molecule has 2 rings (SSSR count). The summed E-state index contributed by atoms with van der Waals surface area (Å²) in [6.45, 7) is 1.42. The zero-order valence-corrected chi connectivity index (χ0v) is 15.4. The Balaban J connectivity index is 2.35. The molecule has 0 radical (unpaired) electrons. The van der Waals surface area contributed by atoms with Crippen LogP contribution >= 0.6 is 0 Å². The lowest BCUT2D eigenvalue weighted by Gasteiger charge is -2.25. The van der Waals surface area contributed by atoms with Crippen LogP contribution in [0.5, 0.6) is 0 Å². The molecule has 9 heteroatoms. The van der Waals surface area contributed by atoms with E-state index in [4.69, 9.17) is 4.42 Å². The molecule has 26 heavy (non-hydrogen) atoms. The van der Waals surface area contributed by atoms with Gasteiger partial charge in [0.05, 0.1) is 0 Å². The van der Waals surface area contributed by atoms with E-state index < -0.39 is 27.9 Å². The summed E-state index contributed by atoms with van der Waals surface area (Å²) in [6, 6.07) is 10.2. The number of furan rings is 1. The minimum atomic E-state index is -3.83. The molecule has 0 fully saturated rings. The van der Waals surface area contributed by atoms with Crippen LogP contribution in [0.2, 0.25) is 0 Å². The van der Waals surface area contributed by atoms with Crippen molar-refractivity contribution in [2.45, 2.75) is 24.6 Å². The van der Waals surface area contributed by atoms with E-state index in [1.807, 2.05) is 0 Å². The normalized spacial score (nSPS) is 12.8. The molecule has 1 heterocycles. The van der Waals surface area contributed by atoms with Crippen molar-refractivity contribution >= 4 is 21.9 Å². The van der Waals surface area contributed by atoms with E-state index in [1.165, 1.54) is 33.2 Å². The van der Waals surface area contributed by atoms with Crippen molar-refractivity contribution < 1.29 is 27.5 Å². The lowest BCUT2D eigenvalue weighted by atomic mass is 10.1. The van der Waals surface area contributed by atoms with Crippen molar-refractivity contribution in [1.29, 1.82) is 0 Å². The predicted molar refractivity (Wildman–Crippen MR) is 93.0 cm³/mol. The quantitative estimate of drug-likeness (QED) is 0.782. The second-order valence-electron chi connectivity index (χ2n) is 5.84. The minimum absolute atomic E-state index is 0.0452. The van der Waals surface area contributed by atoms with E-state index in [0.29, 0.717) is 0 Å². The highest BCUT2D eigenvalue weighted by molar-refractivity contribution is 7.88. The fourth-order valence-electron chi connectivity index (χ4n) is 2.19. The van der Waals surface area contributed by atoms with E-state index >= 15 is 0 Å². The maximum absolute atomic E-state index is 12.8. The van der Waals surface area contributed by atoms with Gasteiger partial charge < -0.3 is 14.4 Å².